The zero-order valence-corrected chi connectivity index (χ0v) is 16.8. The molecule has 0 spiro atoms. The smallest absolute Gasteiger partial charge is 0.251 e. The maximum absolute atomic E-state index is 12.6. The fourth-order valence-electron chi connectivity index (χ4n) is 3.61. The van der Waals surface area contributed by atoms with Crippen molar-refractivity contribution in [2.24, 2.45) is 0 Å². The maximum Gasteiger partial charge on any atom is 0.251 e. The van der Waals surface area contributed by atoms with Crippen LogP contribution in [0.4, 0.5) is 5.69 Å². The Kier molecular flexibility index (Phi) is 5.56. The second-order valence-electron chi connectivity index (χ2n) is 7.05. The van der Waals surface area contributed by atoms with E-state index in [0.29, 0.717) is 17.8 Å². The monoisotopic (exact) mass is 386 g/mol. The van der Waals surface area contributed by atoms with Crippen molar-refractivity contribution in [3.63, 3.8) is 0 Å². The van der Waals surface area contributed by atoms with E-state index in [4.69, 9.17) is 0 Å². The van der Waals surface area contributed by atoms with Crippen LogP contribution in [-0.2, 0) is 22.9 Å². The standard InChI is InChI=1S/C21H26N2O3S/c1-4-23(27(3,25)26)20-12-10-17(11-13-20)21(24)22-15(2)18-9-8-16-6-5-7-19(16)14-18/h8-15H,4-7H2,1-3H3,(H,22,24)/t15-/m0/s1. The van der Waals surface area contributed by atoms with E-state index >= 15 is 0 Å². The van der Waals surface area contributed by atoms with Crippen molar-refractivity contribution in [2.75, 3.05) is 17.1 Å². The lowest BCUT2D eigenvalue weighted by Gasteiger charge is -2.21. The fraction of sp³-hybridized carbons (Fsp3) is 0.381. The first-order valence-corrected chi connectivity index (χ1v) is 11.1. The highest BCUT2D eigenvalue weighted by molar-refractivity contribution is 7.92. The topological polar surface area (TPSA) is 66.5 Å². The van der Waals surface area contributed by atoms with Crippen LogP contribution < -0.4 is 9.62 Å². The SMILES string of the molecule is CCN(c1ccc(C(=O)N[C@@H](C)c2ccc3c(c2)CCC3)cc1)S(C)(=O)=O. The lowest BCUT2D eigenvalue weighted by molar-refractivity contribution is 0.0940. The van der Waals surface area contributed by atoms with Crippen molar-refractivity contribution in [3.8, 4) is 0 Å². The van der Waals surface area contributed by atoms with Gasteiger partial charge in [0.2, 0.25) is 10.0 Å². The fourth-order valence-corrected chi connectivity index (χ4v) is 4.59. The number of benzene rings is 2. The van der Waals surface area contributed by atoms with E-state index in [2.05, 4.69) is 23.5 Å². The molecule has 1 aliphatic rings. The first kappa shape index (κ1) is 19.4. The van der Waals surface area contributed by atoms with E-state index in [1.807, 2.05) is 6.92 Å². The number of carbonyl (C=O) groups is 1. The molecule has 144 valence electrons. The van der Waals surface area contributed by atoms with Crippen molar-refractivity contribution in [3.05, 3.63) is 64.7 Å². The van der Waals surface area contributed by atoms with Crippen molar-refractivity contribution in [1.29, 1.82) is 0 Å². The number of hydrogen-bond donors (Lipinski definition) is 1. The van der Waals surface area contributed by atoms with E-state index in [-0.39, 0.29) is 11.9 Å². The summed E-state index contributed by atoms with van der Waals surface area (Å²) in [7, 11) is -3.33. The third kappa shape index (κ3) is 4.33. The first-order chi connectivity index (χ1) is 12.8. The average molecular weight is 387 g/mol. The van der Waals surface area contributed by atoms with E-state index in [1.54, 1.807) is 31.2 Å². The number of nitrogens with one attached hydrogen (secondary N) is 1. The molecule has 0 saturated carbocycles. The van der Waals surface area contributed by atoms with Gasteiger partial charge in [-0.25, -0.2) is 8.42 Å². The Morgan fingerprint density at radius 1 is 1.11 bits per heavy atom. The van der Waals surface area contributed by atoms with Gasteiger partial charge in [-0.2, -0.15) is 0 Å². The molecule has 0 aliphatic heterocycles. The van der Waals surface area contributed by atoms with Crippen LogP contribution in [-0.4, -0.2) is 27.1 Å². The van der Waals surface area contributed by atoms with Crippen LogP contribution in [0.5, 0.6) is 0 Å². The van der Waals surface area contributed by atoms with Gasteiger partial charge in [-0.15, -0.1) is 0 Å². The Labute approximate surface area is 161 Å². The van der Waals surface area contributed by atoms with Gasteiger partial charge < -0.3 is 5.32 Å². The van der Waals surface area contributed by atoms with Crippen LogP contribution in [0.2, 0.25) is 0 Å². The summed E-state index contributed by atoms with van der Waals surface area (Å²) in [6.45, 7) is 4.10. The van der Waals surface area contributed by atoms with Crippen LogP contribution in [0, 0.1) is 0 Å². The third-order valence-electron chi connectivity index (χ3n) is 5.08. The number of carbonyl (C=O) groups excluding carboxylic acids is 1. The number of nitrogens with zero attached hydrogens (tertiary/aromatic N) is 1. The molecule has 0 aromatic heterocycles. The predicted octanol–water partition coefficient (Wildman–Crippen LogP) is 3.45. The van der Waals surface area contributed by atoms with E-state index in [9.17, 15) is 13.2 Å². The summed E-state index contributed by atoms with van der Waals surface area (Å²) >= 11 is 0. The minimum Gasteiger partial charge on any atom is -0.346 e. The van der Waals surface area contributed by atoms with Crippen LogP contribution >= 0.6 is 0 Å². The zero-order valence-electron chi connectivity index (χ0n) is 16.0. The maximum atomic E-state index is 12.6. The number of amides is 1. The molecule has 0 saturated heterocycles. The zero-order chi connectivity index (χ0) is 19.6. The summed E-state index contributed by atoms with van der Waals surface area (Å²) in [5.41, 5.74) is 4.98. The molecule has 1 N–H and O–H groups in total. The first-order valence-electron chi connectivity index (χ1n) is 9.30. The minimum absolute atomic E-state index is 0.0914. The van der Waals surface area contributed by atoms with Gasteiger partial charge in [-0.05, 0) is 74.1 Å². The van der Waals surface area contributed by atoms with Gasteiger partial charge in [0.25, 0.3) is 5.91 Å². The number of fused-ring (bicyclic) bond motifs is 1. The van der Waals surface area contributed by atoms with Gasteiger partial charge in [0, 0.05) is 12.1 Å². The number of rotatable bonds is 6. The molecule has 0 unspecified atom stereocenters. The molecular weight excluding hydrogens is 360 g/mol. The Morgan fingerprint density at radius 3 is 2.41 bits per heavy atom. The van der Waals surface area contributed by atoms with Gasteiger partial charge in [0.15, 0.2) is 0 Å². The molecule has 0 radical (unpaired) electrons. The minimum atomic E-state index is -3.33. The van der Waals surface area contributed by atoms with E-state index in [0.717, 1.165) is 18.4 Å². The predicted molar refractivity (Wildman–Crippen MR) is 109 cm³/mol. The third-order valence-corrected chi connectivity index (χ3v) is 6.34. The van der Waals surface area contributed by atoms with Crippen molar-refractivity contribution >= 4 is 21.6 Å². The summed E-state index contributed by atoms with van der Waals surface area (Å²) in [4.78, 5) is 12.6. The van der Waals surface area contributed by atoms with Crippen molar-refractivity contribution in [1.82, 2.24) is 5.32 Å². The average Bonchev–Trinajstić information content (AvgIpc) is 3.09. The summed E-state index contributed by atoms with van der Waals surface area (Å²) in [6, 6.07) is 13.0. The molecule has 1 amide bonds. The van der Waals surface area contributed by atoms with Crippen LogP contribution in [0.25, 0.3) is 0 Å². The van der Waals surface area contributed by atoms with Crippen LogP contribution in [0.1, 0.15) is 53.4 Å². The van der Waals surface area contributed by atoms with Gasteiger partial charge in [0.05, 0.1) is 18.0 Å². The Morgan fingerprint density at radius 2 is 1.78 bits per heavy atom. The Bertz CT molecular complexity index is 936. The second-order valence-corrected chi connectivity index (χ2v) is 8.96. The molecule has 1 atom stereocenters. The lowest BCUT2D eigenvalue weighted by Crippen LogP contribution is -2.29. The highest BCUT2D eigenvalue weighted by Crippen LogP contribution is 2.25. The Hall–Kier alpha value is -2.34. The van der Waals surface area contributed by atoms with Gasteiger partial charge >= 0.3 is 0 Å². The molecule has 0 heterocycles. The molecular formula is C21H26N2O3S. The molecule has 3 rings (SSSR count). The molecule has 1 aliphatic carbocycles. The van der Waals surface area contributed by atoms with Crippen molar-refractivity contribution in [2.45, 2.75) is 39.2 Å². The lowest BCUT2D eigenvalue weighted by atomic mass is 10.0. The highest BCUT2D eigenvalue weighted by Gasteiger charge is 2.18. The van der Waals surface area contributed by atoms with Crippen LogP contribution in [0.15, 0.2) is 42.5 Å². The number of anilines is 1. The second kappa shape index (κ2) is 7.72. The van der Waals surface area contributed by atoms with Gasteiger partial charge in [0.1, 0.15) is 0 Å². The summed E-state index contributed by atoms with van der Waals surface area (Å²) in [6.07, 6.45) is 4.63. The van der Waals surface area contributed by atoms with Gasteiger partial charge in [-0.1, -0.05) is 18.2 Å². The molecule has 5 nitrogen and oxygen atoms in total. The number of sulfonamides is 1. The molecule has 6 heteroatoms. The molecule has 27 heavy (non-hydrogen) atoms. The highest BCUT2D eigenvalue weighted by atomic mass is 32.2. The van der Waals surface area contributed by atoms with E-state index < -0.39 is 10.0 Å². The largest absolute Gasteiger partial charge is 0.346 e. The summed E-state index contributed by atoms with van der Waals surface area (Å²) < 4.78 is 24.9. The molecule has 0 fully saturated rings. The molecule has 2 aromatic carbocycles. The van der Waals surface area contributed by atoms with E-state index in [1.165, 1.54) is 28.1 Å². The number of hydrogen-bond acceptors (Lipinski definition) is 3. The molecule has 2 aromatic rings. The normalized spacial score (nSPS) is 14.5. The summed E-state index contributed by atoms with van der Waals surface area (Å²) in [5, 5.41) is 3.03. The van der Waals surface area contributed by atoms with Crippen LogP contribution in [0.3, 0.4) is 0 Å². The van der Waals surface area contributed by atoms with Crippen molar-refractivity contribution < 1.29 is 13.2 Å². The summed E-state index contributed by atoms with van der Waals surface area (Å²) in [5.74, 6) is -0.169. The Balaban J connectivity index is 1.71. The molecule has 0 bridgehead atoms. The quantitative estimate of drug-likeness (QED) is 0.827. The number of aryl methyl sites for hydroxylation is 2. The van der Waals surface area contributed by atoms with Gasteiger partial charge in [-0.3, -0.25) is 9.10 Å².